The minimum Gasteiger partial charge on any atom is -0.307 e. The van der Waals surface area contributed by atoms with Crippen LogP contribution < -0.4 is 5.32 Å². The molecule has 0 amide bonds. The summed E-state index contributed by atoms with van der Waals surface area (Å²) in [5.74, 6) is -0.202. The number of rotatable bonds is 4. The summed E-state index contributed by atoms with van der Waals surface area (Å²) in [6.45, 7) is 0.329. The summed E-state index contributed by atoms with van der Waals surface area (Å²) in [5.41, 5.74) is 1.56. The molecule has 3 heteroatoms. The van der Waals surface area contributed by atoms with E-state index in [4.69, 9.17) is 0 Å². The summed E-state index contributed by atoms with van der Waals surface area (Å²) < 4.78 is 12.7. The maximum atomic E-state index is 12.7. The smallest absolute Gasteiger partial charge is 0.217 e. The zero-order valence-corrected chi connectivity index (χ0v) is 9.27. The first kappa shape index (κ1) is 11.5. The van der Waals surface area contributed by atoms with Crippen LogP contribution in [-0.2, 0) is 0 Å². The van der Waals surface area contributed by atoms with Crippen molar-refractivity contribution < 1.29 is 14.5 Å². The molecule has 0 spiro atoms. The first-order valence-electron chi connectivity index (χ1n) is 5.43. The predicted molar refractivity (Wildman–Crippen MR) is 63.6 cm³/mol. The quantitative estimate of drug-likeness (QED) is 0.631. The molecular formula is C14H13FNO+. The van der Waals surface area contributed by atoms with Crippen LogP contribution in [-0.4, -0.2) is 12.3 Å². The van der Waals surface area contributed by atoms with Gasteiger partial charge in [-0.05, 0) is 12.1 Å². The van der Waals surface area contributed by atoms with E-state index in [0.29, 0.717) is 12.1 Å². The molecule has 86 valence electrons. The lowest BCUT2D eigenvalue weighted by atomic mass is 10.1. The molecule has 0 aliphatic heterocycles. The Bertz CT molecular complexity index is 493. The Kier molecular flexibility index (Phi) is 3.62. The Morgan fingerprint density at radius 2 is 1.65 bits per heavy atom. The summed E-state index contributed by atoms with van der Waals surface area (Å²) in [4.78, 5) is 11.8. The third-order valence-corrected chi connectivity index (χ3v) is 2.49. The van der Waals surface area contributed by atoms with E-state index in [-0.39, 0.29) is 11.6 Å². The van der Waals surface area contributed by atoms with Crippen molar-refractivity contribution in [2.45, 2.75) is 0 Å². The van der Waals surface area contributed by atoms with Crippen LogP contribution in [0.1, 0.15) is 10.4 Å². The number of hydrogen-bond donors (Lipinski definition) is 1. The maximum Gasteiger partial charge on any atom is 0.217 e. The highest BCUT2D eigenvalue weighted by Gasteiger charge is 2.07. The molecule has 0 saturated carbocycles. The van der Waals surface area contributed by atoms with E-state index in [1.54, 1.807) is 29.6 Å². The highest BCUT2D eigenvalue weighted by atomic mass is 19.1. The zero-order valence-electron chi connectivity index (χ0n) is 9.27. The van der Waals surface area contributed by atoms with Gasteiger partial charge in [0.1, 0.15) is 18.0 Å². The first-order valence-corrected chi connectivity index (χ1v) is 5.43. The lowest BCUT2D eigenvalue weighted by molar-refractivity contribution is -0.557. The Hall–Kier alpha value is -2.00. The van der Waals surface area contributed by atoms with Crippen molar-refractivity contribution in [3.05, 3.63) is 66.0 Å². The molecule has 2 nitrogen and oxygen atoms in total. The number of quaternary nitrogens is 1. The van der Waals surface area contributed by atoms with Crippen LogP contribution in [0.5, 0.6) is 0 Å². The Balaban J connectivity index is 1.95. The largest absolute Gasteiger partial charge is 0.307 e. The van der Waals surface area contributed by atoms with E-state index in [1.165, 1.54) is 12.1 Å². The van der Waals surface area contributed by atoms with Gasteiger partial charge in [-0.3, -0.25) is 4.79 Å². The molecule has 0 aliphatic rings. The van der Waals surface area contributed by atoms with Crippen LogP contribution in [0.4, 0.5) is 10.1 Å². The van der Waals surface area contributed by atoms with E-state index in [0.717, 1.165) is 5.69 Å². The highest BCUT2D eigenvalue weighted by molar-refractivity contribution is 5.96. The fourth-order valence-electron chi connectivity index (χ4n) is 1.55. The van der Waals surface area contributed by atoms with Gasteiger partial charge in [0.15, 0.2) is 0 Å². The number of hydrogen-bond acceptors (Lipinski definition) is 1. The Morgan fingerprint density at radius 3 is 2.29 bits per heavy atom. The first-order chi connectivity index (χ1) is 8.25. The second kappa shape index (κ2) is 5.37. The summed E-state index contributed by atoms with van der Waals surface area (Å²) in [6.07, 6.45) is 0. The summed E-state index contributed by atoms with van der Waals surface area (Å²) in [7, 11) is 0. The van der Waals surface area contributed by atoms with Gasteiger partial charge in [-0.25, -0.2) is 4.39 Å². The normalized spacial score (nSPS) is 10.2. The highest BCUT2D eigenvalue weighted by Crippen LogP contribution is 2.02. The van der Waals surface area contributed by atoms with Gasteiger partial charge >= 0.3 is 0 Å². The van der Waals surface area contributed by atoms with Gasteiger partial charge in [-0.1, -0.05) is 30.3 Å². The molecule has 0 radical (unpaired) electrons. The Morgan fingerprint density at radius 1 is 1.00 bits per heavy atom. The predicted octanol–water partition coefficient (Wildman–Crippen LogP) is 1.90. The molecule has 0 saturated heterocycles. The van der Waals surface area contributed by atoms with Gasteiger partial charge in [-0.15, -0.1) is 0 Å². The van der Waals surface area contributed by atoms with Crippen LogP contribution in [0.15, 0.2) is 54.6 Å². The number of benzene rings is 2. The lowest BCUT2D eigenvalue weighted by Crippen LogP contribution is -2.79. The summed E-state index contributed by atoms with van der Waals surface area (Å²) >= 11 is 0. The van der Waals surface area contributed by atoms with Crippen molar-refractivity contribution >= 4 is 11.5 Å². The number of Topliss-reactive ketones (excluding diaryl/α,β-unsaturated/α-hetero) is 1. The number of nitrogens with two attached hydrogens (primary N) is 1. The third-order valence-electron chi connectivity index (χ3n) is 2.49. The van der Waals surface area contributed by atoms with Crippen LogP contribution in [0.2, 0.25) is 0 Å². The van der Waals surface area contributed by atoms with Gasteiger partial charge in [0, 0.05) is 17.7 Å². The lowest BCUT2D eigenvalue weighted by Gasteiger charge is -2.00. The topological polar surface area (TPSA) is 33.7 Å². The molecule has 0 fully saturated rings. The summed E-state index contributed by atoms with van der Waals surface area (Å²) in [6, 6.07) is 15.2. The molecule has 0 aliphatic carbocycles. The van der Waals surface area contributed by atoms with E-state index in [1.807, 2.05) is 18.2 Å². The van der Waals surface area contributed by atoms with Gasteiger partial charge < -0.3 is 5.32 Å². The Labute approximate surface area is 99.1 Å². The molecule has 0 heterocycles. The van der Waals surface area contributed by atoms with Crippen molar-refractivity contribution in [2.75, 3.05) is 6.54 Å². The molecule has 2 aromatic rings. The van der Waals surface area contributed by atoms with Crippen molar-refractivity contribution in [1.29, 1.82) is 0 Å². The number of carbonyl (C=O) groups is 1. The second-order valence-corrected chi connectivity index (χ2v) is 3.75. The van der Waals surface area contributed by atoms with Crippen LogP contribution in [0.3, 0.4) is 0 Å². The number of ketones is 1. The van der Waals surface area contributed by atoms with E-state index < -0.39 is 0 Å². The van der Waals surface area contributed by atoms with Gasteiger partial charge in [0.05, 0.1) is 0 Å². The van der Waals surface area contributed by atoms with Gasteiger partial charge in [0.25, 0.3) is 0 Å². The molecule has 2 aromatic carbocycles. The third kappa shape index (κ3) is 3.23. The van der Waals surface area contributed by atoms with Crippen molar-refractivity contribution in [3.8, 4) is 0 Å². The molecule has 2 rings (SSSR count). The minimum absolute atomic E-state index is 0.0647. The van der Waals surface area contributed by atoms with Crippen LogP contribution in [0.25, 0.3) is 0 Å². The van der Waals surface area contributed by atoms with Gasteiger partial charge in [-0.2, -0.15) is 0 Å². The molecule has 0 bridgehead atoms. The van der Waals surface area contributed by atoms with E-state index in [2.05, 4.69) is 0 Å². The van der Waals surface area contributed by atoms with Gasteiger partial charge in [0.2, 0.25) is 5.78 Å². The number of carbonyl (C=O) groups excluding carboxylic acids is 1. The molecule has 0 atom stereocenters. The molecule has 0 aromatic heterocycles. The average molecular weight is 230 g/mol. The monoisotopic (exact) mass is 230 g/mol. The van der Waals surface area contributed by atoms with Crippen molar-refractivity contribution in [2.24, 2.45) is 0 Å². The summed E-state index contributed by atoms with van der Waals surface area (Å²) in [5, 5.41) is 1.80. The fraction of sp³-hybridized carbons (Fsp3) is 0.0714. The molecule has 2 N–H and O–H groups in total. The minimum atomic E-state index is -0.267. The number of halogens is 1. The van der Waals surface area contributed by atoms with Crippen LogP contribution >= 0.6 is 0 Å². The van der Waals surface area contributed by atoms with Crippen LogP contribution in [0, 0.1) is 5.82 Å². The second-order valence-electron chi connectivity index (χ2n) is 3.75. The van der Waals surface area contributed by atoms with E-state index in [9.17, 15) is 9.18 Å². The standard InChI is InChI=1S/C14H12FNO/c15-12-6-8-13(9-7-12)16-10-14(17)11-4-2-1-3-5-11/h1-9,16H,10H2/p+1. The molecular weight excluding hydrogens is 217 g/mol. The van der Waals surface area contributed by atoms with Crippen molar-refractivity contribution in [1.82, 2.24) is 0 Å². The maximum absolute atomic E-state index is 12.7. The van der Waals surface area contributed by atoms with Crippen molar-refractivity contribution in [3.63, 3.8) is 0 Å². The van der Waals surface area contributed by atoms with E-state index >= 15 is 0 Å². The fourth-order valence-corrected chi connectivity index (χ4v) is 1.55. The zero-order chi connectivity index (χ0) is 12.1. The average Bonchev–Trinajstić information content (AvgIpc) is 2.39. The SMILES string of the molecule is O=C(C[NH2+]c1ccc(F)cc1)c1ccccc1. The molecule has 0 unspecified atom stereocenters. The molecule has 17 heavy (non-hydrogen) atoms.